The maximum atomic E-state index is 12.6. The topological polar surface area (TPSA) is 77.8 Å². The summed E-state index contributed by atoms with van der Waals surface area (Å²) in [6.07, 6.45) is 3.09. The van der Waals surface area contributed by atoms with Crippen molar-refractivity contribution in [3.8, 4) is 11.5 Å². The molecule has 6 heteroatoms. The Morgan fingerprint density at radius 2 is 1.67 bits per heavy atom. The van der Waals surface area contributed by atoms with Gasteiger partial charge in [0.2, 0.25) is 11.3 Å². The van der Waals surface area contributed by atoms with Gasteiger partial charge in [-0.2, -0.15) is 0 Å². The molecular formula is C24H19NO5. The Hall–Kier alpha value is -4.06. The molecule has 6 nitrogen and oxygen atoms in total. The van der Waals surface area contributed by atoms with Crippen LogP contribution in [0.2, 0.25) is 0 Å². The van der Waals surface area contributed by atoms with Crippen LogP contribution in [0.15, 0.2) is 76.0 Å². The molecule has 0 aliphatic heterocycles. The van der Waals surface area contributed by atoms with Crippen LogP contribution in [0.3, 0.4) is 0 Å². The quantitative estimate of drug-likeness (QED) is 0.390. The summed E-state index contributed by atoms with van der Waals surface area (Å²) in [4.78, 5) is 24.9. The van der Waals surface area contributed by atoms with E-state index in [9.17, 15) is 9.59 Å². The molecule has 0 unspecified atom stereocenters. The standard InChI is InChI=1S/C24H19NO5/c1-28-20-11-7-15(13-22(20)29-2)8-12-23(26)25-16-9-10-18-21(14-16)30-19-6-4-3-5-17(19)24(18)27/h3-14H,1-2H3,(H,25,26)/b12-8+. The van der Waals surface area contributed by atoms with Gasteiger partial charge in [-0.3, -0.25) is 9.59 Å². The molecule has 0 fully saturated rings. The van der Waals surface area contributed by atoms with E-state index in [-0.39, 0.29) is 11.3 Å². The van der Waals surface area contributed by atoms with Gasteiger partial charge in [0.25, 0.3) is 0 Å². The fourth-order valence-electron chi connectivity index (χ4n) is 3.19. The third kappa shape index (κ3) is 3.75. The number of amides is 1. The van der Waals surface area contributed by atoms with Gasteiger partial charge in [-0.1, -0.05) is 18.2 Å². The molecule has 150 valence electrons. The van der Waals surface area contributed by atoms with Crippen LogP contribution < -0.4 is 20.2 Å². The van der Waals surface area contributed by atoms with E-state index in [4.69, 9.17) is 13.9 Å². The molecule has 1 aromatic heterocycles. The van der Waals surface area contributed by atoms with E-state index >= 15 is 0 Å². The molecule has 3 aromatic carbocycles. The molecule has 0 spiro atoms. The largest absolute Gasteiger partial charge is 0.493 e. The highest BCUT2D eigenvalue weighted by Gasteiger charge is 2.09. The van der Waals surface area contributed by atoms with Crippen molar-refractivity contribution in [3.63, 3.8) is 0 Å². The molecule has 0 bridgehead atoms. The van der Waals surface area contributed by atoms with Crippen LogP contribution in [-0.2, 0) is 4.79 Å². The fraction of sp³-hybridized carbons (Fsp3) is 0.0833. The molecule has 0 radical (unpaired) electrons. The van der Waals surface area contributed by atoms with E-state index in [1.54, 1.807) is 68.8 Å². The van der Waals surface area contributed by atoms with Gasteiger partial charge in [0, 0.05) is 17.8 Å². The zero-order valence-corrected chi connectivity index (χ0v) is 16.5. The SMILES string of the molecule is COc1ccc(/C=C/C(=O)Nc2ccc3c(=O)c4ccccc4oc3c2)cc1OC. The Morgan fingerprint density at radius 3 is 2.47 bits per heavy atom. The lowest BCUT2D eigenvalue weighted by Gasteiger charge is -2.07. The number of hydrogen-bond donors (Lipinski definition) is 1. The van der Waals surface area contributed by atoms with Crippen LogP contribution in [0.5, 0.6) is 11.5 Å². The number of methoxy groups -OCH3 is 2. The van der Waals surface area contributed by atoms with Gasteiger partial charge in [0.15, 0.2) is 11.5 Å². The first kappa shape index (κ1) is 19.3. The fourth-order valence-corrected chi connectivity index (χ4v) is 3.19. The van der Waals surface area contributed by atoms with Gasteiger partial charge in [0.05, 0.1) is 25.0 Å². The Kier molecular flexibility index (Phi) is 5.22. The molecule has 0 aliphatic carbocycles. The van der Waals surface area contributed by atoms with E-state index < -0.39 is 0 Å². The molecular weight excluding hydrogens is 382 g/mol. The summed E-state index contributed by atoms with van der Waals surface area (Å²) in [5.41, 5.74) is 2.15. The third-order valence-corrected chi connectivity index (χ3v) is 4.68. The number of para-hydroxylation sites is 1. The number of nitrogens with one attached hydrogen (secondary N) is 1. The monoisotopic (exact) mass is 401 g/mol. The van der Waals surface area contributed by atoms with Crippen LogP contribution in [0.25, 0.3) is 28.0 Å². The highest BCUT2D eigenvalue weighted by Crippen LogP contribution is 2.28. The number of ether oxygens (including phenoxy) is 2. The predicted octanol–water partition coefficient (Wildman–Crippen LogP) is 4.62. The van der Waals surface area contributed by atoms with Crippen LogP contribution in [0.4, 0.5) is 5.69 Å². The van der Waals surface area contributed by atoms with Crippen molar-refractivity contribution >= 4 is 39.6 Å². The van der Waals surface area contributed by atoms with Gasteiger partial charge in [-0.05, 0) is 48.0 Å². The highest BCUT2D eigenvalue weighted by molar-refractivity contribution is 6.03. The van der Waals surface area contributed by atoms with Crippen molar-refractivity contribution in [2.45, 2.75) is 0 Å². The molecule has 1 heterocycles. The lowest BCUT2D eigenvalue weighted by Crippen LogP contribution is -2.08. The number of carbonyl (C=O) groups excluding carboxylic acids is 1. The summed E-state index contributed by atoms with van der Waals surface area (Å²) in [5, 5.41) is 3.77. The van der Waals surface area contributed by atoms with Crippen molar-refractivity contribution in [3.05, 3.63) is 82.5 Å². The Morgan fingerprint density at radius 1 is 0.900 bits per heavy atom. The molecule has 0 saturated carbocycles. The Bertz CT molecular complexity index is 1340. The molecule has 1 N–H and O–H groups in total. The zero-order chi connectivity index (χ0) is 21.1. The number of hydrogen-bond acceptors (Lipinski definition) is 5. The van der Waals surface area contributed by atoms with Crippen LogP contribution in [0.1, 0.15) is 5.56 Å². The summed E-state index contributed by atoms with van der Waals surface area (Å²) in [7, 11) is 3.12. The second kappa shape index (κ2) is 8.13. The first-order valence-electron chi connectivity index (χ1n) is 9.26. The number of fused-ring (bicyclic) bond motifs is 2. The van der Waals surface area contributed by atoms with Gasteiger partial charge >= 0.3 is 0 Å². The Labute approximate surface area is 172 Å². The summed E-state index contributed by atoms with van der Waals surface area (Å²) < 4.78 is 16.3. The smallest absolute Gasteiger partial charge is 0.248 e. The second-order valence-corrected chi connectivity index (χ2v) is 6.58. The molecule has 0 saturated heterocycles. The van der Waals surface area contributed by atoms with Crippen LogP contribution >= 0.6 is 0 Å². The van der Waals surface area contributed by atoms with Crippen LogP contribution in [0, 0.1) is 0 Å². The minimum absolute atomic E-state index is 0.0990. The maximum absolute atomic E-state index is 12.6. The number of rotatable bonds is 5. The minimum Gasteiger partial charge on any atom is -0.493 e. The average Bonchev–Trinajstić information content (AvgIpc) is 2.77. The molecule has 30 heavy (non-hydrogen) atoms. The molecule has 0 aliphatic rings. The van der Waals surface area contributed by atoms with E-state index in [0.717, 1.165) is 5.56 Å². The third-order valence-electron chi connectivity index (χ3n) is 4.68. The summed E-state index contributed by atoms with van der Waals surface area (Å²) >= 11 is 0. The summed E-state index contributed by atoms with van der Waals surface area (Å²) in [6, 6.07) is 17.4. The van der Waals surface area contributed by atoms with E-state index in [1.165, 1.54) is 6.08 Å². The predicted molar refractivity (Wildman–Crippen MR) is 117 cm³/mol. The van der Waals surface area contributed by atoms with Gasteiger partial charge in [0.1, 0.15) is 11.2 Å². The first-order chi connectivity index (χ1) is 14.6. The second-order valence-electron chi connectivity index (χ2n) is 6.58. The number of benzene rings is 3. The zero-order valence-electron chi connectivity index (χ0n) is 16.5. The Balaban J connectivity index is 1.56. The lowest BCUT2D eigenvalue weighted by atomic mass is 10.1. The highest BCUT2D eigenvalue weighted by atomic mass is 16.5. The van der Waals surface area contributed by atoms with E-state index in [0.29, 0.717) is 39.1 Å². The van der Waals surface area contributed by atoms with Crippen molar-refractivity contribution in [2.75, 3.05) is 19.5 Å². The molecule has 4 rings (SSSR count). The van der Waals surface area contributed by atoms with Gasteiger partial charge in [-0.15, -0.1) is 0 Å². The molecule has 4 aromatic rings. The number of anilines is 1. The number of carbonyl (C=O) groups is 1. The maximum Gasteiger partial charge on any atom is 0.248 e. The van der Waals surface area contributed by atoms with Crippen molar-refractivity contribution < 1.29 is 18.7 Å². The van der Waals surface area contributed by atoms with Crippen molar-refractivity contribution in [2.24, 2.45) is 0 Å². The normalized spacial score (nSPS) is 11.1. The van der Waals surface area contributed by atoms with Crippen molar-refractivity contribution in [1.29, 1.82) is 0 Å². The minimum atomic E-state index is -0.313. The van der Waals surface area contributed by atoms with Crippen LogP contribution in [-0.4, -0.2) is 20.1 Å². The lowest BCUT2D eigenvalue weighted by molar-refractivity contribution is -0.111. The summed E-state index contributed by atoms with van der Waals surface area (Å²) in [6.45, 7) is 0. The van der Waals surface area contributed by atoms with Crippen molar-refractivity contribution in [1.82, 2.24) is 0 Å². The average molecular weight is 401 g/mol. The summed E-state index contributed by atoms with van der Waals surface area (Å²) in [5.74, 6) is 0.883. The van der Waals surface area contributed by atoms with Gasteiger partial charge < -0.3 is 19.2 Å². The molecule has 0 atom stereocenters. The molecule has 1 amide bonds. The van der Waals surface area contributed by atoms with Gasteiger partial charge in [-0.25, -0.2) is 0 Å². The first-order valence-corrected chi connectivity index (χ1v) is 9.26. The van der Waals surface area contributed by atoms with E-state index in [1.807, 2.05) is 12.1 Å². The van der Waals surface area contributed by atoms with E-state index in [2.05, 4.69) is 5.32 Å².